The van der Waals surface area contributed by atoms with E-state index < -0.39 is 0 Å². The van der Waals surface area contributed by atoms with Crippen molar-refractivity contribution in [3.63, 3.8) is 0 Å². The summed E-state index contributed by atoms with van der Waals surface area (Å²) in [5.41, 5.74) is 5.15. The molecule has 4 nitrogen and oxygen atoms in total. The van der Waals surface area contributed by atoms with Crippen LogP contribution in [0.15, 0.2) is 0 Å². The second-order valence-electron chi connectivity index (χ2n) is 3.34. The molecule has 1 aliphatic rings. The van der Waals surface area contributed by atoms with Gasteiger partial charge in [-0.25, -0.2) is 0 Å². The molecule has 0 aromatic rings. The summed E-state index contributed by atoms with van der Waals surface area (Å²) in [7, 11) is 1.69. The van der Waals surface area contributed by atoms with Gasteiger partial charge in [0.25, 0.3) is 0 Å². The van der Waals surface area contributed by atoms with Gasteiger partial charge in [-0.3, -0.25) is 4.79 Å². The quantitative estimate of drug-likeness (QED) is 0.651. The Kier molecular flexibility index (Phi) is 4.18. The Morgan fingerprint density at radius 3 is 2.77 bits per heavy atom. The summed E-state index contributed by atoms with van der Waals surface area (Å²) in [4.78, 5) is 10.9. The minimum absolute atomic E-state index is 0.00903. The lowest BCUT2D eigenvalue weighted by Gasteiger charge is -2.27. The molecule has 0 amide bonds. The van der Waals surface area contributed by atoms with E-state index in [9.17, 15) is 4.79 Å². The van der Waals surface area contributed by atoms with Gasteiger partial charge in [-0.2, -0.15) is 0 Å². The molecular formula is C9H17NO3. The highest BCUT2D eigenvalue weighted by Crippen LogP contribution is 2.22. The molecule has 0 heterocycles. The summed E-state index contributed by atoms with van der Waals surface area (Å²) in [6, 6.07) is 0. The molecule has 0 bridgehead atoms. The van der Waals surface area contributed by atoms with Crippen molar-refractivity contribution in [1.29, 1.82) is 0 Å². The number of hydrogen-bond donors (Lipinski definition) is 1. The maximum atomic E-state index is 10.9. The number of methoxy groups -OCH3 is 1. The second-order valence-corrected chi connectivity index (χ2v) is 3.34. The zero-order valence-electron chi connectivity index (χ0n) is 7.99. The first-order valence-corrected chi connectivity index (χ1v) is 4.68. The summed E-state index contributed by atoms with van der Waals surface area (Å²) in [5, 5.41) is 0. The van der Waals surface area contributed by atoms with Gasteiger partial charge in [0.15, 0.2) is 0 Å². The van der Waals surface area contributed by atoms with Crippen LogP contribution in [0.25, 0.3) is 0 Å². The number of ether oxygens (including phenoxy) is 2. The average Bonchev–Trinajstić information content (AvgIpc) is 2.18. The van der Waals surface area contributed by atoms with E-state index in [-0.39, 0.29) is 24.7 Å². The Morgan fingerprint density at radius 1 is 1.46 bits per heavy atom. The van der Waals surface area contributed by atoms with E-state index in [2.05, 4.69) is 0 Å². The molecule has 1 saturated carbocycles. The van der Waals surface area contributed by atoms with Crippen LogP contribution >= 0.6 is 0 Å². The van der Waals surface area contributed by atoms with E-state index in [1.165, 1.54) is 0 Å². The molecule has 76 valence electrons. The number of hydrogen-bond acceptors (Lipinski definition) is 4. The molecule has 1 aliphatic carbocycles. The molecule has 1 rings (SSSR count). The number of rotatable bonds is 3. The number of esters is 1. The third kappa shape index (κ3) is 3.32. The Labute approximate surface area is 78.4 Å². The van der Waals surface area contributed by atoms with E-state index in [4.69, 9.17) is 15.2 Å². The normalized spacial score (nSPS) is 28.5. The topological polar surface area (TPSA) is 61.5 Å². The van der Waals surface area contributed by atoms with Gasteiger partial charge >= 0.3 is 5.97 Å². The van der Waals surface area contributed by atoms with Crippen molar-refractivity contribution in [2.45, 2.75) is 37.9 Å². The van der Waals surface area contributed by atoms with E-state index in [1.807, 2.05) is 0 Å². The number of carbonyl (C=O) groups is 1. The third-order valence-corrected chi connectivity index (χ3v) is 2.38. The van der Waals surface area contributed by atoms with E-state index in [0.29, 0.717) is 0 Å². The first-order chi connectivity index (χ1) is 6.26. The molecule has 2 unspecified atom stereocenters. The fraction of sp³-hybridized carbons (Fsp3) is 0.889. The molecule has 0 saturated heterocycles. The molecule has 0 aromatic heterocycles. The van der Waals surface area contributed by atoms with Crippen molar-refractivity contribution in [3.8, 4) is 0 Å². The van der Waals surface area contributed by atoms with E-state index >= 15 is 0 Å². The summed E-state index contributed by atoms with van der Waals surface area (Å²) in [6.45, 7) is -0.0336. The van der Waals surface area contributed by atoms with Crippen molar-refractivity contribution in [2.24, 2.45) is 5.73 Å². The molecular weight excluding hydrogens is 170 g/mol. The summed E-state index contributed by atoms with van der Waals surface area (Å²) >= 11 is 0. The highest BCUT2D eigenvalue weighted by molar-refractivity contribution is 5.71. The van der Waals surface area contributed by atoms with Crippen LogP contribution in [0, 0.1) is 0 Å². The van der Waals surface area contributed by atoms with Crippen LogP contribution in [-0.4, -0.2) is 31.8 Å². The van der Waals surface area contributed by atoms with Gasteiger partial charge < -0.3 is 15.2 Å². The lowest BCUT2D eigenvalue weighted by Crippen LogP contribution is -2.31. The van der Waals surface area contributed by atoms with E-state index in [0.717, 1.165) is 25.7 Å². The first kappa shape index (κ1) is 10.5. The maximum absolute atomic E-state index is 10.9. The van der Waals surface area contributed by atoms with Crippen LogP contribution in [0.4, 0.5) is 0 Å². The lowest BCUT2D eigenvalue weighted by molar-refractivity contribution is -0.150. The van der Waals surface area contributed by atoms with Crippen molar-refractivity contribution in [2.75, 3.05) is 13.7 Å². The van der Waals surface area contributed by atoms with Crippen molar-refractivity contribution >= 4 is 5.97 Å². The fourth-order valence-corrected chi connectivity index (χ4v) is 1.66. The molecule has 2 N–H and O–H groups in total. The highest BCUT2D eigenvalue weighted by atomic mass is 16.5. The SMILES string of the molecule is COC1CCCC(OC(=O)CN)C1. The van der Waals surface area contributed by atoms with Crippen LogP contribution in [0.1, 0.15) is 25.7 Å². The van der Waals surface area contributed by atoms with Crippen LogP contribution in [0.5, 0.6) is 0 Å². The predicted molar refractivity (Wildman–Crippen MR) is 48.2 cm³/mol. The minimum Gasteiger partial charge on any atom is -0.461 e. The summed E-state index contributed by atoms with van der Waals surface area (Å²) in [6.07, 6.45) is 4.11. The molecule has 0 aliphatic heterocycles. The van der Waals surface area contributed by atoms with Gasteiger partial charge in [0.1, 0.15) is 6.10 Å². The Bertz CT molecular complexity index is 172. The van der Waals surface area contributed by atoms with Crippen LogP contribution in [-0.2, 0) is 14.3 Å². The minimum atomic E-state index is -0.318. The number of carbonyl (C=O) groups excluding carboxylic acids is 1. The highest BCUT2D eigenvalue weighted by Gasteiger charge is 2.23. The van der Waals surface area contributed by atoms with E-state index in [1.54, 1.807) is 7.11 Å². The first-order valence-electron chi connectivity index (χ1n) is 4.68. The zero-order valence-corrected chi connectivity index (χ0v) is 7.99. The number of nitrogens with two attached hydrogens (primary N) is 1. The predicted octanol–water partition coefficient (Wildman–Crippen LogP) is 0.446. The molecule has 1 fully saturated rings. The standard InChI is InChI=1S/C9H17NO3/c1-12-7-3-2-4-8(5-7)13-9(11)6-10/h7-8H,2-6,10H2,1H3. The molecule has 4 heteroatoms. The largest absolute Gasteiger partial charge is 0.461 e. The van der Waals surface area contributed by atoms with Crippen molar-refractivity contribution in [1.82, 2.24) is 0 Å². The maximum Gasteiger partial charge on any atom is 0.319 e. The average molecular weight is 187 g/mol. The molecule has 2 atom stereocenters. The Balaban J connectivity index is 2.29. The Morgan fingerprint density at radius 2 is 2.15 bits per heavy atom. The van der Waals surface area contributed by atoms with Crippen molar-refractivity contribution in [3.05, 3.63) is 0 Å². The van der Waals surface area contributed by atoms with Gasteiger partial charge in [-0.05, 0) is 19.3 Å². The van der Waals surface area contributed by atoms with Crippen LogP contribution in [0.3, 0.4) is 0 Å². The fourth-order valence-electron chi connectivity index (χ4n) is 1.66. The van der Waals surface area contributed by atoms with Gasteiger partial charge in [-0.1, -0.05) is 0 Å². The smallest absolute Gasteiger partial charge is 0.319 e. The molecule has 0 spiro atoms. The summed E-state index contributed by atoms with van der Waals surface area (Å²) in [5.74, 6) is -0.318. The second kappa shape index (κ2) is 5.19. The van der Waals surface area contributed by atoms with Gasteiger partial charge in [0, 0.05) is 13.5 Å². The molecule has 0 aromatic carbocycles. The Hall–Kier alpha value is -0.610. The van der Waals surface area contributed by atoms with Gasteiger partial charge in [0.2, 0.25) is 0 Å². The van der Waals surface area contributed by atoms with Gasteiger partial charge in [0.05, 0.1) is 12.6 Å². The molecule has 0 radical (unpaired) electrons. The zero-order chi connectivity index (χ0) is 9.68. The van der Waals surface area contributed by atoms with Crippen molar-refractivity contribution < 1.29 is 14.3 Å². The monoisotopic (exact) mass is 187 g/mol. The summed E-state index contributed by atoms with van der Waals surface area (Å²) < 4.78 is 10.3. The lowest BCUT2D eigenvalue weighted by atomic mass is 9.95. The van der Waals surface area contributed by atoms with Crippen LogP contribution in [0.2, 0.25) is 0 Å². The molecule has 13 heavy (non-hydrogen) atoms. The van der Waals surface area contributed by atoms with Gasteiger partial charge in [-0.15, -0.1) is 0 Å². The third-order valence-electron chi connectivity index (χ3n) is 2.38. The van der Waals surface area contributed by atoms with Crippen LogP contribution < -0.4 is 5.73 Å².